The molecule has 1 saturated carbocycles. The first-order valence-corrected chi connectivity index (χ1v) is 7.78. The van der Waals surface area contributed by atoms with E-state index in [1.54, 1.807) is 0 Å². The molecule has 2 nitrogen and oxygen atoms in total. The smallest absolute Gasteiger partial charge is 0.0545 e. The molecule has 0 heterocycles. The quantitative estimate of drug-likeness (QED) is 0.894. The predicted molar refractivity (Wildman–Crippen MR) is 72.3 cm³/mol. The third-order valence-electron chi connectivity index (χ3n) is 3.61. The molecule has 0 aliphatic heterocycles. The van der Waals surface area contributed by atoms with Gasteiger partial charge in [0.15, 0.2) is 0 Å². The molecule has 17 heavy (non-hydrogen) atoms. The van der Waals surface area contributed by atoms with Crippen LogP contribution in [0.5, 0.6) is 0 Å². The van der Waals surface area contributed by atoms with Gasteiger partial charge in [0.05, 0.1) is 10.8 Å². The fourth-order valence-corrected chi connectivity index (χ4v) is 3.82. The second kappa shape index (κ2) is 6.31. The number of benzene rings is 1. The molecule has 1 aliphatic carbocycles. The predicted octanol–water partition coefficient (Wildman–Crippen LogP) is 2.70. The van der Waals surface area contributed by atoms with Crippen LogP contribution < -0.4 is 5.73 Å². The zero-order valence-corrected chi connectivity index (χ0v) is 11.0. The lowest BCUT2D eigenvalue weighted by atomic mass is 9.85. The minimum atomic E-state index is -0.940. The highest BCUT2D eigenvalue weighted by Gasteiger charge is 2.22. The molecule has 2 N–H and O–H groups in total. The third-order valence-corrected chi connectivity index (χ3v) is 5.09. The van der Waals surface area contributed by atoms with E-state index in [4.69, 9.17) is 5.73 Å². The van der Waals surface area contributed by atoms with E-state index < -0.39 is 10.8 Å². The van der Waals surface area contributed by atoms with E-state index >= 15 is 0 Å². The maximum Gasteiger partial charge on any atom is 0.0545 e. The lowest BCUT2D eigenvalue weighted by Crippen LogP contribution is -2.36. The first-order valence-electron chi connectivity index (χ1n) is 6.46. The first kappa shape index (κ1) is 12.8. The van der Waals surface area contributed by atoms with Gasteiger partial charge < -0.3 is 5.73 Å². The second-order valence-electron chi connectivity index (χ2n) is 4.89. The zero-order chi connectivity index (χ0) is 12.1. The SMILES string of the molecule is NC(CS(=O)c1ccccc1)C1CCCCC1. The molecule has 3 heteroatoms. The lowest BCUT2D eigenvalue weighted by molar-refractivity contribution is 0.318. The van der Waals surface area contributed by atoms with Gasteiger partial charge in [-0.15, -0.1) is 0 Å². The zero-order valence-electron chi connectivity index (χ0n) is 10.2. The van der Waals surface area contributed by atoms with Crippen molar-refractivity contribution in [3.8, 4) is 0 Å². The van der Waals surface area contributed by atoms with Crippen molar-refractivity contribution in [2.75, 3.05) is 5.75 Å². The van der Waals surface area contributed by atoms with Crippen LogP contribution in [0, 0.1) is 5.92 Å². The third kappa shape index (κ3) is 3.65. The van der Waals surface area contributed by atoms with E-state index in [-0.39, 0.29) is 6.04 Å². The summed E-state index contributed by atoms with van der Waals surface area (Å²) in [6.07, 6.45) is 6.35. The molecule has 0 aromatic heterocycles. The average molecular weight is 251 g/mol. The first-order chi connectivity index (χ1) is 8.27. The highest BCUT2D eigenvalue weighted by atomic mass is 32.2. The van der Waals surface area contributed by atoms with Crippen molar-refractivity contribution in [3.05, 3.63) is 30.3 Å². The van der Waals surface area contributed by atoms with E-state index in [0.717, 1.165) is 4.90 Å². The maximum atomic E-state index is 12.1. The Morgan fingerprint density at radius 1 is 1.18 bits per heavy atom. The largest absolute Gasteiger partial charge is 0.327 e. The van der Waals surface area contributed by atoms with Crippen LogP contribution in [-0.4, -0.2) is 16.0 Å². The second-order valence-corrected chi connectivity index (χ2v) is 6.38. The molecule has 1 aromatic rings. The topological polar surface area (TPSA) is 43.1 Å². The Bertz CT molecular complexity index is 360. The van der Waals surface area contributed by atoms with Gasteiger partial charge in [-0.1, -0.05) is 37.5 Å². The van der Waals surface area contributed by atoms with Crippen LogP contribution in [-0.2, 0) is 10.8 Å². The molecule has 0 radical (unpaired) electrons. The maximum absolute atomic E-state index is 12.1. The van der Waals surface area contributed by atoms with Gasteiger partial charge in [-0.3, -0.25) is 4.21 Å². The van der Waals surface area contributed by atoms with Crippen molar-refractivity contribution in [1.82, 2.24) is 0 Å². The fraction of sp³-hybridized carbons (Fsp3) is 0.571. The van der Waals surface area contributed by atoms with Gasteiger partial charge in [0, 0.05) is 16.7 Å². The summed E-state index contributed by atoms with van der Waals surface area (Å²) in [6.45, 7) is 0. The summed E-state index contributed by atoms with van der Waals surface area (Å²) >= 11 is 0. The Labute approximate surface area is 106 Å². The monoisotopic (exact) mass is 251 g/mol. The van der Waals surface area contributed by atoms with E-state index in [2.05, 4.69) is 0 Å². The van der Waals surface area contributed by atoms with Crippen molar-refractivity contribution in [3.63, 3.8) is 0 Å². The van der Waals surface area contributed by atoms with Gasteiger partial charge >= 0.3 is 0 Å². The Kier molecular flexibility index (Phi) is 4.75. The molecule has 0 bridgehead atoms. The molecular weight excluding hydrogens is 230 g/mol. The minimum Gasteiger partial charge on any atom is -0.327 e. The molecule has 1 aliphatic rings. The summed E-state index contributed by atoms with van der Waals surface area (Å²) in [6, 6.07) is 9.74. The Morgan fingerprint density at radius 2 is 1.82 bits per heavy atom. The van der Waals surface area contributed by atoms with Crippen LogP contribution in [0.2, 0.25) is 0 Å². The Balaban J connectivity index is 1.89. The van der Waals surface area contributed by atoms with Gasteiger partial charge in [0.25, 0.3) is 0 Å². The molecule has 2 atom stereocenters. The normalized spacial score (nSPS) is 21.0. The van der Waals surface area contributed by atoms with Gasteiger partial charge in [0.1, 0.15) is 0 Å². The van der Waals surface area contributed by atoms with Gasteiger partial charge in [-0.25, -0.2) is 0 Å². The van der Waals surface area contributed by atoms with Crippen LogP contribution in [0.25, 0.3) is 0 Å². The van der Waals surface area contributed by atoms with E-state index in [1.165, 1.54) is 32.1 Å². The summed E-state index contributed by atoms with van der Waals surface area (Å²) < 4.78 is 12.1. The molecule has 94 valence electrons. The summed E-state index contributed by atoms with van der Waals surface area (Å²) in [5.74, 6) is 1.19. The summed E-state index contributed by atoms with van der Waals surface area (Å²) in [7, 11) is -0.940. The summed E-state index contributed by atoms with van der Waals surface area (Å²) in [5, 5.41) is 0. The minimum absolute atomic E-state index is 0.0938. The van der Waals surface area contributed by atoms with Crippen LogP contribution in [0.15, 0.2) is 35.2 Å². The number of nitrogens with two attached hydrogens (primary N) is 1. The van der Waals surface area contributed by atoms with Gasteiger partial charge in [0.2, 0.25) is 0 Å². The van der Waals surface area contributed by atoms with E-state index in [0.29, 0.717) is 11.7 Å². The van der Waals surface area contributed by atoms with Crippen LogP contribution in [0.1, 0.15) is 32.1 Å². The highest BCUT2D eigenvalue weighted by molar-refractivity contribution is 7.85. The summed E-state index contributed by atoms with van der Waals surface area (Å²) in [5.41, 5.74) is 6.19. The fourth-order valence-electron chi connectivity index (χ4n) is 2.54. The molecule has 2 rings (SSSR count). The average Bonchev–Trinajstić information content (AvgIpc) is 2.40. The van der Waals surface area contributed by atoms with Crippen molar-refractivity contribution >= 4 is 10.8 Å². The van der Waals surface area contributed by atoms with Gasteiger partial charge in [-0.2, -0.15) is 0 Å². The molecular formula is C14H21NOS. The lowest BCUT2D eigenvalue weighted by Gasteiger charge is -2.27. The van der Waals surface area contributed by atoms with E-state index in [1.807, 2.05) is 30.3 Å². The van der Waals surface area contributed by atoms with Gasteiger partial charge in [-0.05, 0) is 30.9 Å². The van der Waals surface area contributed by atoms with Crippen LogP contribution in [0.3, 0.4) is 0 Å². The Morgan fingerprint density at radius 3 is 2.47 bits per heavy atom. The molecule has 0 saturated heterocycles. The van der Waals surface area contributed by atoms with Crippen LogP contribution >= 0.6 is 0 Å². The molecule has 1 aromatic carbocycles. The van der Waals surface area contributed by atoms with Crippen molar-refractivity contribution in [2.24, 2.45) is 11.7 Å². The van der Waals surface area contributed by atoms with Crippen molar-refractivity contribution in [2.45, 2.75) is 43.0 Å². The standard InChI is InChI=1S/C14H21NOS/c15-14(12-7-3-1-4-8-12)11-17(16)13-9-5-2-6-10-13/h2,5-6,9-10,12,14H,1,3-4,7-8,11,15H2. The number of hydrogen-bond acceptors (Lipinski definition) is 2. The summed E-state index contributed by atoms with van der Waals surface area (Å²) in [4.78, 5) is 0.902. The molecule has 2 unspecified atom stereocenters. The molecule has 0 amide bonds. The number of hydrogen-bond donors (Lipinski definition) is 1. The molecule has 0 spiro atoms. The van der Waals surface area contributed by atoms with Crippen molar-refractivity contribution < 1.29 is 4.21 Å². The highest BCUT2D eigenvalue weighted by Crippen LogP contribution is 2.26. The van der Waals surface area contributed by atoms with Crippen molar-refractivity contribution in [1.29, 1.82) is 0 Å². The number of rotatable bonds is 4. The van der Waals surface area contributed by atoms with E-state index in [9.17, 15) is 4.21 Å². The Hall–Kier alpha value is -0.670. The van der Waals surface area contributed by atoms with Crippen LogP contribution in [0.4, 0.5) is 0 Å². The molecule has 1 fully saturated rings.